The SMILES string of the molecule is CCC1CC1Nc1cc(C)nc(C)c1C#N. The Morgan fingerprint density at radius 3 is 2.88 bits per heavy atom. The zero-order valence-electron chi connectivity index (χ0n) is 10.0. The summed E-state index contributed by atoms with van der Waals surface area (Å²) in [7, 11) is 0. The molecular formula is C13H17N3. The predicted octanol–water partition coefficient (Wildman–Crippen LogP) is 2.78. The topological polar surface area (TPSA) is 48.7 Å². The molecule has 3 heteroatoms. The van der Waals surface area contributed by atoms with E-state index in [0.29, 0.717) is 11.6 Å². The largest absolute Gasteiger partial charge is 0.381 e. The Balaban J connectivity index is 2.23. The van der Waals surface area contributed by atoms with Crippen molar-refractivity contribution in [2.45, 2.75) is 39.7 Å². The molecule has 0 radical (unpaired) electrons. The van der Waals surface area contributed by atoms with E-state index in [-0.39, 0.29) is 0 Å². The van der Waals surface area contributed by atoms with E-state index in [1.807, 2.05) is 19.9 Å². The normalized spacial score (nSPS) is 22.6. The van der Waals surface area contributed by atoms with Crippen molar-refractivity contribution in [2.75, 3.05) is 5.32 Å². The molecule has 1 saturated carbocycles. The minimum Gasteiger partial charge on any atom is -0.381 e. The lowest BCUT2D eigenvalue weighted by Gasteiger charge is -2.10. The van der Waals surface area contributed by atoms with Crippen LogP contribution in [0.4, 0.5) is 5.69 Å². The van der Waals surface area contributed by atoms with E-state index in [9.17, 15) is 0 Å². The molecule has 0 saturated heterocycles. The van der Waals surface area contributed by atoms with Crippen molar-refractivity contribution in [3.05, 3.63) is 23.0 Å². The second-order valence-corrected chi connectivity index (χ2v) is 4.54. The molecule has 0 bridgehead atoms. The molecule has 1 fully saturated rings. The number of nitrogens with zero attached hydrogens (tertiary/aromatic N) is 2. The summed E-state index contributed by atoms with van der Waals surface area (Å²) >= 11 is 0. The highest BCUT2D eigenvalue weighted by Crippen LogP contribution is 2.37. The molecule has 1 aromatic rings. The van der Waals surface area contributed by atoms with Gasteiger partial charge in [-0.15, -0.1) is 0 Å². The highest BCUT2D eigenvalue weighted by Gasteiger charge is 2.35. The Hall–Kier alpha value is -1.56. The van der Waals surface area contributed by atoms with Gasteiger partial charge in [0.15, 0.2) is 0 Å². The Morgan fingerprint density at radius 2 is 2.31 bits per heavy atom. The summed E-state index contributed by atoms with van der Waals surface area (Å²) in [4.78, 5) is 4.31. The first kappa shape index (κ1) is 10.9. The van der Waals surface area contributed by atoms with Gasteiger partial charge in [-0.1, -0.05) is 13.3 Å². The fourth-order valence-electron chi connectivity index (χ4n) is 2.16. The Kier molecular flexibility index (Phi) is 2.82. The van der Waals surface area contributed by atoms with E-state index in [4.69, 9.17) is 5.26 Å². The number of aryl methyl sites for hydroxylation is 2. The van der Waals surface area contributed by atoms with E-state index >= 15 is 0 Å². The van der Waals surface area contributed by atoms with E-state index in [0.717, 1.165) is 23.0 Å². The van der Waals surface area contributed by atoms with Crippen LogP contribution in [0.3, 0.4) is 0 Å². The highest BCUT2D eigenvalue weighted by atomic mass is 15.0. The number of nitrogens with one attached hydrogen (secondary N) is 1. The second-order valence-electron chi connectivity index (χ2n) is 4.54. The standard InChI is InChI=1S/C13H17N3/c1-4-10-6-12(10)16-13-5-8(2)15-9(3)11(13)7-14/h5,10,12H,4,6H2,1-3H3,(H,15,16). The number of anilines is 1. The lowest BCUT2D eigenvalue weighted by Crippen LogP contribution is -2.08. The molecule has 0 amide bonds. The quantitative estimate of drug-likeness (QED) is 0.843. The van der Waals surface area contributed by atoms with Crippen LogP contribution in [0.5, 0.6) is 0 Å². The molecule has 0 spiro atoms. The van der Waals surface area contributed by atoms with Crippen LogP contribution < -0.4 is 5.32 Å². The predicted molar refractivity (Wildman–Crippen MR) is 64.2 cm³/mol. The first-order valence-electron chi connectivity index (χ1n) is 5.80. The third-order valence-electron chi connectivity index (χ3n) is 3.23. The molecule has 2 atom stereocenters. The average molecular weight is 215 g/mol. The molecule has 0 aromatic carbocycles. The van der Waals surface area contributed by atoms with Crippen molar-refractivity contribution in [3.8, 4) is 6.07 Å². The molecule has 2 rings (SSSR count). The van der Waals surface area contributed by atoms with Crippen LogP contribution in [0.2, 0.25) is 0 Å². The van der Waals surface area contributed by atoms with Crippen molar-refractivity contribution in [1.29, 1.82) is 5.26 Å². The van der Waals surface area contributed by atoms with Gasteiger partial charge >= 0.3 is 0 Å². The van der Waals surface area contributed by atoms with Gasteiger partial charge in [0.1, 0.15) is 6.07 Å². The van der Waals surface area contributed by atoms with Crippen LogP contribution in [-0.2, 0) is 0 Å². The molecule has 0 aliphatic heterocycles. The molecule has 1 aliphatic carbocycles. The van der Waals surface area contributed by atoms with Gasteiger partial charge in [0, 0.05) is 11.7 Å². The van der Waals surface area contributed by atoms with Gasteiger partial charge in [-0.25, -0.2) is 0 Å². The molecule has 84 valence electrons. The minimum absolute atomic E-state index is 0.554. The van der Waals surface area contributed by atoms with Crippen molar-refractivity contribution in [2.24, 2.45) is 5.92 Å². The molecule has 1 aliphatic rings. The van der Waals surface area contributed by atoms with Gasteiger partial charge in [0.25, 0.3) is 0 Å². The van der Waals surface area contributed by atoms with Crippen LogP contribution >= 0.6 is 0 Å². The maximum atomic E-state index is 9.12. The van der Waals surface area contributed by atoms with Crippen LogP contribution in [-0.4, -0.2) is 11.0 Å². The summed E-state index contributed by atoms with van der Waals surface area (Å²) in [5.74, 6) is 0.778. The maximum absolute atomic E-state index is 9.12. The van der Waals surface area contributed by atoms with Crippen molar-refractivity contribution in [1.82, 2.24) is 4.98 Å². The van der Waals surface area contributed by atoms with Crippen molar-refractivity contribution < 1.29 is 0 Å². The summed E-state index contributed by atoms with van der Waals surface area (Å²) in [6.07, 6.45) is 2.43. The Labute approximate surface area is 96.5 Å². The first-order valence-corrected chi connectivity index (χ1v) is 5.80. The number of hydrogen-bond acceptors (Lipinski definition) is 3. The van der Waals surface area contributed by atoms with Crippen LogP contribution in [0, 0.1) is 31.1 Å². The van der Waals surface area contributed by atoms with Crippen LogP contribution in [0.1, 0.15) is 36.7 Å². The lowest BCUT2D eigenvalue weighted by atomic mass is 10.1. The summed E-state index contributed by atoms with van der Waals surface area (Å²) < 4.78 is 0. The first-order chi connectivity index (χ1) is 7.65. The number of aromatic nitrogens is 1. The molecule has 1 aromatic heterocycles. The van der Waals surface area contributed by atoms with E-state index in [2.05, 4.69) is 23.3 Å². The monoisotopic (exact) mass is 215 g/mol. The smallest absolute Gasteiger partial charge is 0.103 e. The van der Waals surface area contributed by atoms with Crippen LogP contribution in [0.25, 0.3) is 0 Å². The van der Waals surface area contributed by atoms with Gasteiger partial charge in [-0.05, 0) is 32.3 Å². The van der Waals surface area contributed by atoms with E-state index < -0.39 is 0 Å². The molecule has 3 nitrogen and oxygen atoms in total. The zero-order chi connectivity index (χ0) is 11.7. The average Bonchev–Trinajstić information content (AvgIpc) is 2.96. The Bertz CT molecular complexity index is 445. The number of nitriles is 1. The van der Waals surface area contributed by atoms with Crippen molar-refractivity contribution in [3.63, 3.8) is 0 Å². The van der Waals surface area contributed by atoms with Gasteiger partial charge in [-0.2, -0.15) is 5.26 Å². The third kappa shape index (κ3) is 2.01. The second kappa shape index (κ2) is 4.13. The minimum atomic E-state index is 0.554. The molecule has 16 heavy (non-hydrogen) atoms. The highest BCUT2D eigenvalue weighted by molar-refractivity contribution is 5.60. The molecule has 1 heterocycles. The summed E-state index contributed by atoms with van der Waals surface area (Å²) in [6.45, 7) is 6.06. The fraction of sp³-hybridized carbons (Fsp3) is 0.538. The number of rotatable bonds is 3. The fourth-order valence-corrected chi connectivity index (χ4v) is 2.16. The third-order valence-corrected chi connectivity index (χ3v) is 3.23. The molecule has 1 N–H and O–H groups in total. The summed E-state index contributed by atoms with van der Waals surface area (Å²) in [5.41, 5.74) is 3.42. The van der Waals surface area contributed by atoms with Gasteiger partial charge in [0.2, 0.25) is 0 Å². The van der Waals surface area contributed by atoms with Gasteiger partial charge < -0.3 is 5.32 Å². The summed E-state index contributed by atoms with van der Waals surface area (Å²) in [6, 6.07) is 4.75. The van der Waals surface area contributed by atoms with Crippen molar-refractivity contribution >= 4 is 5.69 Å². The maximum Gasteiger partial charge on any atom is 0.103 e. The van der Waals surface area contributed by atoms with Gasteiger partial charge in [0.05, 0.1) is 16.9 Å². The molecule has 2 unspecified atom stereocenters. The number of hydrogen-bond donors (Lipinski definition) is 1. The van der Waals surface area contributed by atoms with E-state index in [1.54, 1.807) is 0 Å². The van der Waals surface area contributed by atoms with Gasteiger partial charge in [-0.3, -0.25) is 4.98 Å². The van der Waals surface area contributed by atoms with Crippen LogP contribution in [0.15, 0.2) is 6.07 Å². The number of pyridine rings is 1. The summed E-state index contributed by atoms with van der Waals surface area (Å²) in [5, 5.41) is 12.6. The zero-order valence-corrected chi connectivity index (χ0v) is 10.0. The lowest BCUT2D eigenvalue weighted by molar-refractivity contribution is 0.774. The Morgan fingerprint density at radius 1 is 1.56 bits per heavy atom. The molecular weight excluding hydrogens is 198 g/mol. The van der Waals surface area contributed by atoms with E-state index in [1.165, 1.54) is 12.8 Å².